The lowest BCUT2D eigenvalue weighted by atomic mass is 9.89. The molecule has 2 aromatic carbocycles. The van der Waals surface area contributed by atoms with Gasteiger partial charge in [-0.1, -0.05) is 19.1 Å². The van der Waals surface area contributed by atoms with Crippen molar-refractivity contribution in [3.63, 3.8) is 0 Å². The van der Waals surface area contributed by atoms with E-state index in [0.717, 1.165) is 30.3 Å². The van der Waals surface area contributed by atoms with Gasteiger partial charge in [-0.15, -0.1) is 0 Å². The molecule has 0 aromatic heterocycles. The van der Waals surface area contributed by atoms with E-state index >= 15 is 0 Å². The van der Waals surface area contributed by atoms with Gasteiger partial charge in [0.2, 0.25) is 0 Å². The Morgan fingerprint density at radius 1 is 1.06 bits per heavy atom. The smallest absolute Gasteiger partial charge is 0.416 e. The Labute approximate surface area is 208 Å². The average molecular weight is 505 g/mol. The Morgan fingerprint density at radius 3 is 2.44 bits per heavy atom. The summed E-state index contributed by atoms with van der Waals surface area (Å²) in [6.07, 6.45) is -4.54. The number of rotatable bonds is 6. The molecule has 1 fully saturated rings. The molecular weight excluding hydrogens is 473 g/mol. The van der Waals surface area contributed by atoms with Crippen molar-refractivity contribution in [1.82, 2.24) is 14.7 Å². The second-order valence-electron chi connectivity index (χ2n) is 9.78. The number of likely N-dealkylation sites (N-methyl/N-ethyl adjacent to an activating group) is 1. The molecule has 0 radical (unpaired) electrons. The molecule has 10 heteroatoms. The number of amides is 1. The maximum Gasteiger partial charge on any atom is 0.416 e. The Morgan fingerprint density at radius 2 is 1.78 bits per heavy atom. The third-order valence-electron chi connectivity index (χ3n) is 6.88. The van der Waals surface area contributed by atoms with Crippen LogP contribution in [0.4, 0.5) is 18.9 Å². The third-order valence-corrected chi connectivity index (χ3v) is 6.88. The molecule has 0 saturated carbocycles. The number of aliphatic carboxylic acids is 1. The lowest BCUT2D eigenvalue weighted by molar-refractivity contribution is -0.139. The summed E-state index contributed by atoms with van der Waals surface area (Å²) >= 11 is 0. The number of carbonyl (C=O) groups excluding carboxylic acids is 1. The van der Waals surface area contributed by atoms with Crippen LogP contribution in [0.25, 0.3) is 0 Å². The summed E-state index contributed by atoms with van der Waals surface area (Å²) < 4.78 is 41.6. The van der Waals surface area contributed by atoms with Crippen LogP contribution < -0.4 is 5.32 Å². The fourth-order valence-corrected chi connectivity index (χ4v) is 4.97. The second kappa shape index (κ2) is 10.6. The topological polar surface area (TPSA) is 76.1 Å². The molecule has 2 aromatic rings. The highest BCUT2D eigenvalue weighted by Gasteiger charge is 2.34. The number of piperazine rings is 1. The van der Waals surface area contributed by atoms with E-state index in [9.17, 15) is 22.8 Å². The summed E-state index contributed by atoms with van der Waals surface area (Å²) in [6.45, 7) is 6.12. The zero-order chi connectivity index (χ0) is 26.0. The van der Waals surface area contributed by atoms with Crippen LogP contribution in [0, 0.1) is 0 Å². The molecule has 0 bridgehead atoms. The first-order valence-corrected chi connectivity index (χ1v) is 12.0. The normalized spacial score (nSPS) is 19.6. The standard InChI is InChI=1S/C26H31F3N4O3/c1-17-13-33(16-24(34)35)15-20-11-18(4-6-22(17)20)25(36)30-21-5-3-19(23(12-21)26(27,28)29)14-32-9-7-31(2)8-10-32/h3-6,11-12,17H,7-10,13-16H2,1-2H3,(H,30,36)(H,34,35)/t17-/m0/s1. The van der Waals surface area contributed by atoms with Crippen molar-refractivity contribution in [3.05, 3.63) is 64.2 Å². The van der Waals surface area contributed by atoms with Gasteiger partial charge in [-0.2, -0.15) is 13.2 Å². The van der Waals surface area contributed by atoms with Crippen LogP contribution in [0.15, 0.2) is 36.4 Å². The van der Waals surface area contributed by atoms with Crippen LogP contribution in [0.2, 0.25) is 0 Å². The minimum atomic E-state index is -4.54. The molecule has 2 N–H and O–H groups in total. The Hall–Kier alpha value is -2.95. The second-order valence-corrected chi connectivity index (χ2v) is 9.78. The fraction of sp³-hybridized carbons (Fsp3) is 0.462. The van der Waals surface area contributed by atoms with Gasteiger partial charge in [0.1, 0.15) is 0 Å². The minimum Gasteiger partial charge on any atom is -0.480 e. The molecule has 2 aliphatic rings. The van der Waals surface area contributed by atoms with E-state index in [1.807, 2.05) is 24.9 Å². The number of nitrogens with zero attached hydrogens (tertiary/aromatic N) is 3. The molecule has 36 heavy (non-hydrogen) atoms. The van der Waals surface area contributed by atoms with Crippen molar-refractivity contribution < 1.29 is 27.9 Å². The summed E-state index contributed by atoms with van der Waals surface area (Å²) in [5.41, 5.74) is 1.72. The van der Waals surface area contributed by atoms with Gasteiger partial charge in [-0.3, -0.25) is 19.4 Å². The molecule has 1 amide bonds. The number of carboxylic acids is 1. The number of alkyl halides is 3. The molecule has 1 atom stereocenters. The zero-order valence-electron chi connectivity index (χ0n) is 20.4. The van der Waals surface area contributed by atoms with E-state index in [-0.39, 0.29) is 30.3 Å². The van der Waals surface area contributed by atoms with Crippen molar-refractivity contribution in [2.24, 2.45) is 0 Å². The summed E-state index contributed by atoms with van der Waals surface area (Å²) in [5, 5.41) is 11.7. The highest BCUT2D eigenvalue weighted by molar-refractivity contribution is 6.04. The van der Waals surface area contributed by atoms with Crippen molar-refractivity contribution in [1.29, 1.82) is 0 Å². The van der Waals surface area contributed by atoms with Gasteiger partial charge in [0.25, 0.3) is 5.91 Å². The van der Waals surface area contributed by atoms with Gasteiger partial charge in [-0.05, 0) is 53.9 Å². The number of carbonyl (C=O) groups is 2. The van der Waals surface area contributed by atoms with E-state index in [0.29, 0.717) is 31.7 Å². The van der Waals surface area contributed by atoms with E-state index in [4.69, 9.17) is 5.11 Å². The Bertz CT molecular complexity index is 1130. The van der Waals surface area contributed by atoms with Gasteiger partial charge in [-0.25, -0.2) is 0 Å². The Balaban J connectivity index is 1.51. The van der Waals surface area contributed by atoms with Gasteiger partial charge < -0.3 is 15.3 Å². The number of carboxylic acid groups (broad SMARTS) is 1. The summed E-state index contributed by atoms with van der Waals surface area (Å²) in [4.78, 5) is 30.0. The number of fused-ring (bicyclic) bond motifs is 1. The molecule has 0 aliphatic carbocycles. The fourth-order valence-electron chi connectivity index (χ4n) is 4.97. The SMILES string of the molecule is C[C@H]1CN(CC(=O)O)Cc2cc(C(=O)Nc3ccc(CN4CCN(C)CC4)c(C(F)(F)F)c3)ccc21. The number of benzene rings is 2. The molecule has 1 saturated heterocycles. The van der Waals surface area contributed by atoms with Crippen LogP contribution in [-0.4, -0.2) is 78.0 Å². The largest absolute Gasteiger partial charge is 0.480 e. The first kappa shape index (κ1) is 26.1. The van der Waals surface area contributed by atoms with E-state index < -0.39 is 23.6 Å². The molecule has 2 heterocycles. The first-order valence-electron chi connectivity index (χ1n) is 12.0. The molecule has 2 aliphatic heterocycles. The lowest BCUT2D eigenvalue weighted by Crippen LogP contribution is -2.44. The Kier molecular flexibility index (Phi) is 7.67. The number of halogens is 3. The number of hydrogen-bond acceptors (Lipinski definition) is 5. The number of nitrogens with one attached hydrogen (secondary N) is 1. The first-order chi connectivity index (χ1) is 17.0. The predicted molar refractivity (Wildman–Crippen MR) is 130 cm³/mol. The summed E-state index contributed by atoms with van der Waals surface area (Å²) in [7, 11) is 1.99. The van der Waals surface area contributed by atoms with Gasteiger partial charge in [0.15, 0.2) is 0 Å². The van der Waals surface area contributed by atoms with Gasteiger partial charge >= 0.3 is 12.1 Å². The van der Waals surface area contributed by atoms with Crippen LogP contribution in [-0.2, 0) is 24.1 Å². The molecule has 0 spiro atoms. The van der Waals surface area contributed by atoms with Crippen LogP contribution >= 0.6 is 0 Å². The van der Waals surface area contributed by atoms with Gasteiger partial charge in [0, 0.05) is 57.1 Å². The monoisotopic (exact) mass is 504 g/mol. The highest BCUT2D eigenvalue weighted by Crippen LogP contribution is 2.35. The van der Waals surface area contributed by atoms with Crippen molar-refractivity contribution in [3.8, 4) is 0 Å². The molecule has 194 valence electrons. The quantitative estimate of drug-likeness (QED) is 0.625. The zero-order valence-corrected chi connectivity index (χ0v) is 20.4. The maximum atomic E-state index is 13.9. The molecule has 7 nitrogen and oxygen atoms in total. The van der Waals surface area contributed by atoms with Gasteiger partial charge in [0.05, 0.1) is 12.1 Å². The lowest BCUT2D eigenvalue weighted by Gasteiger charge is -2.33. The van der Waals surface area contributed by atoms with Crippen LogP contribution in [0.5, 0.6) is 0 Å². The highest BCUT2D eigenvalue weighted by atomic mass is 19.4. The van der Waals surface area contributed by atoms with Crippen LogP contribution in [0.1, 0.15) is 45.5 Å². The number of hydrogen-bond donors (Lipinski definition) is 2. The molecular formula is C26H31F3N4O3. The summed E-state index contributed by atoms with van der Waals surface area (Å²) in [5.74, 6) is -1.33. The maximum absolute atomic E-state index is 13.9. The molecule has 4 rings (SSSR count). The van der Waals surface area contributed by atoms with E-state index in [1.165, 1.54) is 12.1 Å². The van der Waals surface area contributed by atoms with E-state index in [2.05, 4.69) is 10.2 Å². The van der Waals surface area contributed by atoms with E-state index in [1.54, 1.807) is 17.0 Å². The van der Waals surface area contributed by atoms with Crippen molar-refractivity contribution in [2.45, 2.75) is 32.1 Å². The van der Waals surface area contributed by atoms with Crippen molar-refractivity contribution in [2.75, 3.05) is 51.6 Å². The molecule has 0 unspecified atom stereocenters. The number of anilines is 1. The third kappa shape index (κ3) is 6.24. The predicted octanol–water partition coefficient (Wildman–Crippen LogP) is 3.71. The average Bonchev–Trinajstić information content (AvgIpc) is 2.80. The minimum absolute atomic E-state index is 0.0769. The van der Waals surface area contributed by atoms with Crippen molar-refractivity contribution >= 4 is 17.6 Å². The summed E-state index contributed by atoms with van der Waals surface area (Å²) in [6, 6.07) is 9.14. The van der Waals surface area contributed by atoms with Crippen LogP contribution in [0.3, 0.4) is 0 Å².